The van der Waals surface area contributed by atoms with Crippen molar-refractivity contribution in [3.8, 4) is 11.3 Å². The minimum atomic E-state index is -0.610. The molecule has 0 saturated carbocycles. The maximum atomic E-state index is 11.8. The van der Waals surface area contributed by atoms with Crippen molar-refractivity contribution in [2.24, 2.45) is 0 Å². The monoisotopic (exact) mass is 327 g/mol. The third-order valence-electron chi connectivity index (χ3n) is 3.75. The molecule has 3 heterocycles. The third-order valence-corrected chi connectivity index (χ3v) is 4.04. The van der Waals surface area contributed by atoms with Crippen LogP contribution in [0.15, 0.2) is 34.0 Å². The molecule has 0 aliphatic heterocycles. The molecule has 0 unspecified atom stereocenters. The van der Waals surface area contributed by atoms with Crippen LogP contribution >= 0.6 is 11.6 Å². The van der Waals surface area contributed by atoms with Crippen molar-refractivity contribution >= 4 is 33.5 Å². The average molecular weight is 328 g/mol. The van der Waals surface area contributed by atoms with Crippen LogP contribution < -0.4 is 11.2 Å². The van der Waals surface area contributed by atoms with Gasteiger partial charge in [-0.15, -0.1) is 0 Å². The first kappa shape index (κ1) is 13.7. The molecule has 0 spiro atoms. The minimum Gasteiger partial charge on any atom is -0.291 e. The van der Waals surface area contributed by atoms with Crippen LogP contribution in [0.1, 0.15) is 5.56 Å². The first-order valence-electron chi connectivity index (χ1n) is 6.80. The zero-order chi connectivity index (χ0) is 16.1. The molecule has 0 atom stereocenters. The Morgan fingerprint density at radius 2 is 1.96 bits per heavy atom. The number of hydrogen-bond acceptors (Lipinski definition) is 4. The van der Waals surface area contributed by atoms with E-state index in [0.29, 0.717) is 10.7 Å². The van der Waals surface area contributed by atoms with E-state index >= 15 is 0 Å². The number of benzene rings is 1. The lowest BCUT2D eigenvalue weighted by atomic mass is 10.0. The molecule has 0 saturated heterocycles. The second-order valence-corrected chi connectivity index (χ2v) is 5.62. The van der Waals surface area contributed by atoms with E-state index in [0.717, 1.165) is 22.0 Å². The molecule has 3 N–H and O–H groups in total. The Bertz CT molecular complexity index is 1190. The highest BCUT2D eigenvalue weighted by atomic mass is 35.5. The van der Waals surface area contributed by atoms with E-state index < -0.39 is 11.2 Å². The summed E-state index contributed by atoms with van der Waals surface area (Å²) < 4.78 is 0. The maximum absolute atomic E-state index is 11.8. The lowest BCUT2D eigenvalue weighted by Gasteiger charge is -2.09. The van der Waals surface area contributed by atoms with Gasteiger partial charge in [0.25, 0.3) is 5.56 Å². The van der Waals surface area contributed by atoms with Crippen LogP contribution in [0.4, 0.5) is 0 Å². The Morgan fingerprint density at radius 1 is 1.13 bits per heavy atom. The number of halogens is 1. The van der Waals surface area contributed by atoms with Crippen LogP contribution in [0.5, 0.6) is 0 Å². The molecule has 114 valence electrons. The summed E-state index contributed by atoms with van der Waals surface area (Å²) in [6, 6.07) is 5.35. The van der Waals surface area contributed by atoms with Gasteiger partial charge in [0, 0.05) is 10.9 Å². The van der Waals surface area contributed by atoms with Crippen molar-refractivity contribution in [1.82, 2.24) is 25.1 Å². The van der Waals surface area contributed by atoms with E-state index in [9.17, 15) is 9.59 Å². The van der Waals surface area contributed by atoms with Gasteiger partial charge in [-0.3, -0.25) is 19.9 Å². The topological polar surface area (TPSA) is 107 Å². The van der Waals surface area contributed by atoms with Gasteiger partial charge in [-0.25, -0.2) is 9.78 Å². The van der Waals surface area contributed by atoms with Crippen LogP contribution in [0.3, 0.4) is 0 Å². The predicted octanol–water partition coefficient (Wildman–Crippen LogP) is 2.12. The molecule has 0 bridgehead atoms. The summed E-state index contributed by atoms with van der Waals surface area (Å²) in [5, 5.41) is 8.36. The zero-order valence-electron chi connectivity index (χ0n) is 11.9. The Labute approximate surface area is 133 Å². The predicted molar refractivity (Wildman–Crippen MR) is 87.8 cm³/mol. The lowest BCUT2D eigenvalue weighted by molar-refractivity contribution is 1.06. The van der Waals surface area contributed by atoms with Crippen LogP contribution in [-0.4, -0.2) is 25.1 Å². The van der Waals surface area contributed by atoms with E-state index in [4.69, 9.17) is 11.6 Å². The Morgan fingerprint density at radius 3 is 2.78 bits per heavy atom. The lowest BCUT2D eigenvalue weighted by Crippen LogP contribution is -2.22. The zero-order valence-corrected chi connectivity index (χ0v) is 12.7. The quantitative estimate of drug-likeness (QED) is 0.497. The molecule has 0 aliphatic carbocycles. The van der Waals surface area contributed by atoms with Crippen molar-refractivity contribution in [3.63, 3.8) is 0 Å². The van der Waals surface area contributed by atoms with E-state index in [1.165, 1.54) is 6.07 Å². The van der Waals surface area contributed by atoms with Crippen molar-refractivity contribution in [2.45, 2.75) is 6.92 Å². The molecule has 3 aromatic heterocycles. The normalized spacial score (nSPS) is 11.4. The largest absolute Gasteiger partial charge is 0.327 e. The maximum Gasteiger partial charge on any atom is 0.327 e. The van der Waals surface area contributed by atoms with E-state index in [-0.39, 0.29) is 11.0 Å². The standard InChI is InChI=1S/C15H10ClN5O2/c1-6-2-3-10-8(5-17-21-10)11(6)12-9(16)4-7-13(18-12)19-15(23)20-14(7)22/h2-5H,1H3,(H,17,21)(H2,18,19,20,22,23). The summed E-state index contributed by atoms with van der Waals surface area (Å²) in [5.41, 5.74) is 2.17. The van der Waals surface area contributed by atoms with E-state index in [2.05, 4.69) is 25.1 Å². The number of aromatic amines is 3. The Kier molecular flexibility index (Phi) is 2.85. The van der Waals surface area contributed by atoms with Crippen LogP contribution in [0.25, 0.3) is 33.2 Å². The molecule has 4 rings (SSSR count). The first-order chi connectivity index (χ1) is 11.0. The minimum absolute atomic E-state index is 0.193. The molecule has 0 fully saturated rings. The van der Waals surface area contributed by atoms with Crippen molar-refractivity contribution < 1.29 is 0 Å². The smallest absolute Gasteiger partial charge is 0.291 e. The fraction of sp³-hybridized carbons (Fsp3) is 0.0667. The first-order valence-corrected chi connectivity index (χ1v) is 7.18. The van der Waals surface area contributed by atoms with Gasteiger partial charge in [0.15, 0.2) is 0 Å². The van der Waals surface area contributed by atoms with Gasteiger partial charge in [-0.2, -0.15) is 5.10 Å². The number of rotatable bonds is 1. The number of aryl methyl sites for hydroxylation is 1. The second-order valence-electron chi connectivity index (χ2n) is 5.21. The number of aromatic nitrogens is 5. The average Bonchev–Trinajstić information content (AvgIpc) is 2.96. The van der Waals surface area contributed by atoms with Crippen LogP contribution in [-0.2, 0) is 0 Å². The molecule has 0 amide bonds. The Hall–Kier alpha value is -2.93. The highest BCUT2D eigenvalue weighted by molar-refractivity contribution is 6.34. The molecule has 0 radical (unpaired) electrons. The van der Waals surface area contributed by atoms with Crippen molar-refractivity contribution in [3.05, 3.63) is 55.8 Å². The van der Waals surface area contributed by atoms with Crippen molar-refractivity contribution in [1.29, 1.82) is 0 Å². The van der Waals surface area contributed by atoms with Gasteiger partial charge in [-0.1, -0.05) is 17.7 Å². The van der Waals surface area contributed by atoms with E-state index in [1.807, 2.05) is 19.1 Å². The summed E-state index contributed by atoms with van der Waals surface area (Å²) in [7, 11) is 0. The number of H-pyrrole nitrogens is 3. The Balaban J connectivity index is 2.14. The van der Waals surface area contributed by atoms with Gasteiger partial charge in [-0.05, 0) is 24.6 Å². The molecule has 23 heavy (non-hydrogen) atoms. The highest BCUT2D eigenvalue weighted by Gasteiger charge is 2.16. The second kappa shape index (κ2) is 4.79. The number of nitrogens with zero attached hydrogens (tertiary/aromatic N) is 2. The molecule has 1 aromatic carbocycles. The van der Waals surface area contributed by atoms with Gasteiger partial charge >= 0.3 is 5.69 Å². The van der Waals surface area contributed by atoms with Crippen LogP contribution in [0, 0.1) is 6.92 Å². The molecule has 4 aromatic rings. The number of pyridine rings is 1. The summed E-state index contributed by atoms with van der Waals surface area (Å²) in [5.74, 6) is 0. The SMILES string of the molecule is Cc1ccc2[nH]ncc2c1-c1nc2[nH]c(=O)[nH]c(=O)c2cc1Cl. The summed E-state index contributed by atoms with van der Waals surface area (Å²) in [6.45, 7) is 1.94. The number of hydrogen-bond donors (Lipinski definition) is 3. The fourth-order valence-electron chi connectivity index (χ4n) is 2.68. The molecule has 8 heteroatoms. The fourth-order valence-corrected chi connectivity index (χ4v) is 2.93. The molecular formula is C15H10ClN5O2. The summed E-state index contributed by atoms with van der Waals surface area (Å²) >= 11 is 6.35. The molecule has 0 aliphatic rings. The van der Waals surface area contributed by atoms with Gasteiger partial charge < -0.3 is 0 Å². The third kappa shape index (κ3) is 2.05. The highest BCUT2D eigenvalue weighted by Crippen LogP contribution is 2.34. The summed E-state index contributed by atoms with van der Waals surface area (Å²) in [4.78, 5) is 32.4. The van der Waals surface area contributed by atoms with Crippen molar-refractivity contribution in [2.75, 3.05) is 0 Å². The molecular weight excluding hydrogens is 318 g/mol. The van der Waals surface area contributed by atoms with Crippen LogP contribution in [0.2, 0.25) is 5.02 Å². The number of nitrogens with one attached hydrogen (secondary N) is 3. The summed E-state index contributed by atoms with van der Waals surface area (Å²) in [6.07, 6.45) is 1.69. The van der Waals surface area contributed by atoms with Gasteiger partial charge in [0.05, 0.1) is 27.8 Å². The number of fused-ring (bicyclic) bond motifs is 2. The van der Waals surface area contributed by atoms with E-state index in [1.54, 1.807) is 6.20 Å². The van der Waals surface area contributed by atoms with Gasteiger partial charge in [0.2, 0.25) is 0 Å². The van der Waals surface area contributed by atoms with Gasteiger partial charge in [0.1, 0.15) is 5.65 Å². The molecule has 7 nitrogen and oxygen atoms in total.